The maximum atomic E-state index is 13.6. The standard InChI is InChI=1S/C17H12F3N3O2S/c18-9-4-5-10(15(20)14(9)19)22-12(24)6-23-7-21-16-13(17(23)25)8-2-1-3-11(8)26-16/h4-5,7H,1-3,6H2,(H,22,24). The molecular weight excluding hydrogens is 367 g/mol. The Balaban J connectivity index is 1.61. The van der Waals surface area contributed by atoms with Gasteiger partial charge in [0.15, 0.2) is 17.5 Å². The van der Waals surface area contributed by atoms with Crippen LogP contribution in [0, 0.1) is 17.5 Å². The number of fused-ring (bicyclic) bond motifs is 3. The molecule has 0 radical (unpaired) electrons. The number of hydrogen-bond acceptors (Lipinski definition) is 4. The summed E-state index contributed by atoms with van der Waals surface area (Å²) in [5, 5.41) is 2.67. The third-order valence-corrected chi connectivity index (χ3v) is 5.51. The summed E-state index contributed by atoms with van der Waals surface area (Å²) in [5.74, 6) is -5.26. The van der Waals surface area contributed by atoms with Crippen molar-refractivity contribution in [2.45, 2.75) is 25.8 Å². The number of halogens is 3. The molecule has 1 aliphatic carbocycles. The molecule has 2 aromatic heterocycles. The average Bonchev–Trinajstić information content (AvgIpc) is 3.19. The first-order valence-electron chi connectivity index (χ1n) is 7.88. The van der Waals surface area contributed by atoms with Gasteiger partial charge >= 0.3 is 0 Å². The van der Waals surface area contributed by atoms with Crippen molar-refractivity contribution in [1.29, 1.82) is 0 Å². The Hall–Kier alpha value is -2.68. The third kappa shape index (κ3) is 2.68. The van der Waals surface area contributed by atoms with E-state index in [1.54, 1.807) is 0 Å². The van der Waals surface area contributed by atoms with Gasteiger partial charge in [0.1, 0.15) is 11.4 Å². The van der Waals surface area contributed by atoms with Crippen molar-refractivity contribution < 1.29 is 18.0 Å². The Morgan fingerprint density at radius 1 is 1.23 bits per heavy atom. The first kappa shape index (κ1) is 16.8. The van der Waals surface area contributed by atoms with Gasteiger partial charge in [-0.2, -0.15) is 0 Å². The molecule has 3 aromatic rings. The highest BCUT2D eigenvalue weighted by molar-refractivity contribution is 7.18. The van der Waals surface area contributed by atoms with Crippen molar-refractivity contribution in [1.82, 2.24) is 9.55 Å². The largest absolute Gasteiger partial charge is 0.322 e. The number of hydrogen-bond donors (Lipinski definition) is 1. The number of nitrogens with one attached hydrogen (secondary N) is 1. The van der Waals surface area contributed by atoms with Gasteiger partial charge in [0.05, 0.1) is 17.4 Å². The molecule has 26 heavy (non-hydrogen) atoms. The number of anilines is 1. The smallest absolute Gasteiger partial charge is 0.262 e. The van der Waals surface area contributed by atoms with Gasteiger partial charge in [0, 0.05) is 4.88 Å². The van der Waals surface area contributed by atoms with E-state index in [0.717, 1.165) is 40.3 Å². The molecule has 0 bridgehead atoms. The predicted octanol–water partition coefficient (Wildman–Crippen LogP) is 3.00. The normalized spacial score (nSPS) is 13.2. The Labute approximate surface area is 149 Å². The number of carbonyl (C=O) groups is 1. The minimum atomic E-state index is -1.67. The number of amides is 1. The number of aryl methyl sites for hydroxylation is 2. The van der Waals surface area contributed by atoms with Gasteiger partial charge in [-0.15, -0.1) is 11.3 Å². The zero-order chi connectivity index (χ0) is 18.4. The lowest BCUT2D eigenvalue weighted by atomic mass is 10.2. The number of nitrogens with zero attached hydrogens (tertiary/aromatic N) is 2. The Morgan fingerprint density at radius 2 is 2.04 bits per heavy atom. The van der Waals surface area contributed by atoms with E-state index in [-0.39, 0.29) is 5.56 Å². The number of rotatable bonds is 3. The van der Waals surface area contributed by atoms with Gasteiger partial charge in [-0.05, 0) is 37.0 Å². The maximum absolute atomic E-state index is 13.6. The summed E-state index contributed by atoms with van der Waals surface area (Å²) in [5.41, 5.74) is 0.159. The molecule has 0 fully saturated rings. The highest BCUT2D eigenvalue weighted by Gasteiger charge is 2.22. The molecule has 1 aromatic carbocycles. The van der Waals surface area contributed by atoms with E-state index in [9.17, 15) is 22.8 Å². The lowest BCUT2D eigenvalue weighted by Gasteiger charge is -2.09. The van der Waals surface area contributed by atoms with Crippen LogP contribution < -0.4 is 10.9 Å². The SMILES string of the molecule is O=C(Cn1cnc2sc3c(c2c1=O)CCC3)Nc1ccc(F)c(F)c1F. The van der Waals surface area contributed by atoms with E-state index in [1.165, 1.54) is 17.7 Å². The Morgan fingerprint density at radius 3 is 2.85 bits per heavy atom. The summed E-state index contributed by atoms with van der Waals surface area (Å²) in [4.78, 5) is 30.8. The number of benzene rings is 1. The Kier molecular flexibility index (Phi) is 4.03. The minimum Gasteiger partial charge on any atom is -0.322 e. The van der Waals surface area contributed by atoms with E-state index < -0.39 is 35.6 Å². The Bertz CT molecular complexity index is 1110. The second kappa shape index (κ2) is 6.24. The van der Waals surface area contributed by atoms with Crippen molar-refractivity contribution >= 4 is 33.1 Å². The molecular formula is C17H12F3N3O2S. The molecule has 0 atom stereocenters. The van der Waals surface area contributed by atoms with Crippen molar-refractivity contribution in [3.8, 4) is 0 Å². The monoisotopic (exact) mass is 379 g/mol. The molecule has 2 heterocycles. The molecule has 0 saturated carbocycles. The van der Waals surface area contributed by atoms with Gasteiger partial charge in [0.25, 0.3) is 5.56 Å². The highest BCUT2D eigenvalue weighted by Crippen LogP contribution is 2.34. The molecule has 0 spiro atoms. The zero-order valence-corrected chi connectivity index (χ0v) is 14.1. The number of carbonyl (C=O) groups excluding carboxylic acids is 1. The lowest BCUT2D eigenvalue weighted by molar-refractivity contribution is -0.116. The summed E-state index contributed by atoms with van der Waals surface area (Å²) in [7, 11) is 0. The number of thiophene rings is 1. The second-order valence-corrected chi connectivity index (χ2v) is 7.07. The maximum Gasteiger partial charge on any atom is 0.262 e. The lowest BCUT2D eigenvalue weighted by Crippen LogP contribution is -2.28. The number of aromatic nitrogens is 2. The van der Waals surface area contributed by atoms with Gasteiger partial charge in [-0.1, -0.05) is 0 Å². The third-order valence-electron chi connectivity index (χ3n) is 4.32. The van der Waals surface area contributed by atoms with Gasteiger partial charge < -0.3 is 5.32 Å². The predicted molar refractivity (Wildman–Crippen MR) is 90.9 cm³/mol. The van der Waals surface area contributed by atoms with E-state index in [4.69, 9.17) is 0 Å². The van der Waals surface area contributed by atoms with E-state index in [1.807, 2.05) is 0 Å². The summed E-state index contributed by atoms with van der Waals surface area (Å²) in [6, 6.07) is 1.63. The molecule has 0 aliphatic heterocycles. The van der Waals surface area contributed by atoms with E-state index in [2.05, 4.69) is 10.3 Å². The highest BCUT2D eigenvalue weighted by atomic mass is 32.1. The minimum absolute atomic E-state index is 0.338. The van der Waals surface area contributed by atoms with Crippen molar-refractivity contribution in [3.05, 3.63) is 56.7 Å². The second-order valence-electron chi connectivity index (χ2n) is 5.99. The quantitative estimate of drug-likeness (QED) is 0.712. The van der Waals surface area contributed by atoms with Crippen LogP contribution in [-0.4, -0.2) is 15.5 Å². The molecule has 1 N–H and O–H groups in total. The van der Waals surface area contributed by atoms with Crippen LogP contribution in [0.5, 0.6) is 0 Å². The van der Waals surface area contributed by atoms with Crippen molar-refractivity contribution in [2.75, 3.05) is 5.32 Å². The summed E-state index contributed by atoms with van der Waals surface area (Å²) in [6.45, 7) is -0.412. The molecule has 0 unspecified atom stereocenters. The van der Waals surface area contributed by atoms with Crippen LogP contribution in [0.25, 0.3) is 10.2 Å². The first-order chi connectivity index (χ1) is 12.5. The van der Waals surface area contributed by atoms with Gasteiger partial charge in [-0.25, -0.2) is 18.2 Å². The van der Waals surface area contributed by atoms with Crippen LogP contribution in [0.4, 0.5) is 18.9 Å². The summed E-state index contributed by atoms with van der Waals surface area (Å²) < 4.78 is 41.0. The molecule has 1 aliphatic rings. The summed E-state index contributed by atoms with van der Waals surface area (Å²) >= 11 is 1.48. The molecule has 134 valence electrons. The van der Waals surface area contributed by atoms with Crippen LogP contribution in [0.15, 0.2) is 23.3 Å². The molecule has 1 amide bonds. The first-order valence-corrected chi connectivity index (χ1v) is 8.70. The van der Waals surface area contributed by atoms with E-state index >= 15 is 0 Å². The topological polar surface area (TPSA) is 64.0 Å². The van der Waals surface area contributed by atoms with Gasteiger partial charge in [-0.3, -0.25) is 14.2 Å². The summed E-state index contributed by atoms with van der Waals surface area (Å²) in [6.07, 6.45) is 3.98. The van der Waals surface area contributed by atoms with Crippen LogP contribution in [0.1, 0.15) is 16.9 Å². The van der Waals surface area contributed by atoms with Crippen molar-refractivity contribution in [2.24, 2.45) is 0 Å². The van der Waals surface area contributed by atoms with Crippen LogP contribution in [0.3, 0.4) is 0 Å². The van der Waals surface area contributed by atoms with Gasteiger partial charge in [0.2, 0.25) is 5.91 Å². The van der Waals surface area contributed by atoms with Crippen molar-refractivity contribution in [3.63, 3.8) is 0 Å². The molecule has 5 nitrogen and oxygen atoms in total. The fourth-order valence-electron chi connectivity index (χ4n) is 3.10. The van der Waals surface area contributed by atoms with Crippen LogP contribution in [-0.2, 0) is 24.2 Å². The van der Waals surface area contributed by atoms with E-state index in [0.29, 0.717) is 16.3 Å². The fraction of sp³-hybridized carbons (Fsp3) is 0.235. The molecule has 4 rings (SSSR count). The fourth-order valence-corrected chi connectivity index (χ4v) is 4.32. The van der Waals surface area contributed by atoms with Crippen LogP contribution >= 0.6 is 11.3 Å². The zero-order valence-electron chi connectivity index (χ0n) is 13.3. The molecule has 9 heteroatoms. The molecule has 0 saturated heterocycles. The average molecular weight is 379 g/mol. The van der Waals surface area contributed by atoms with Crippen LogP contribution in [0.2, 0.25) is 0 Å².